The first-order valence-corrected chi connectivity index (χ1v) is 7.69. The number of esters is 1. The summed E-state index contributed by atoms with van der Waals surface area (Å²) in [5.74, 6) is 0.265. The molecule has 0 unspecified atom stereocenters. The van der Waals surface area contributed by atoms with Crippen LogP contribution in [0.5, 0.6) is 0 Å². The maximum absolute atomic E-state index is 12.5. The summed E-state index contributed by atoms with van der Waals surface area (Å²) in [4.78, 5) is 12.5. The maximum atomic E-state index is 12.5. The molecule has 3 aromatic rings. The third-order valence-corrected chi connectivity index (χ3v) is 4.03. The van der Waals surface area contributed by atoms with Gasteiger partial charge >= 0.3 is 5.97 Å². The van der Waals surface area contributed by atoms with Crippen LogP contribution in [0.15, 0.2) is 34.9 Å². The molecule has 0 aliphatic heterocycles. The van der Waals surface area contributed by atoms with Crippen LogP contribution in [0, 0.1) is 27.7 Å². The molecular weight excluding hydrogens is 306 g/mol. The predicted molar refractivity (Wildman–Crippen MR) is 88.1 cm³/mol. The second kappa shape index (κ2) is 6.31. The van der Waals surface area contributed by atoms with Gasteiger partial charge < -0.3 is 9.26 Å². The molecule has 0 fully saturated rings. The number of nitrogens with zero attached hydrogens (tertiary/aromatic N) is 3. The van der Waals surface area contributed by atoms with Gasteiger partial charge in [-0.2, -0.15) is 5.10 Å². The summed E-state index contributed by atoms with van der Waals surface area (Å²) in [5, 5.41) is 8.33. The van der Waals surface area contributed by atoms with Gasteiger partial charge in [0, 0.05) is 0 Å². The van der Waals surface area contributed by atoms with Crippen molar-refractivity contribution < 1.29 is 14.1 Å². The van der Waals surface area contributed by atoms with Crippen molar-refractivity contribution in [2.24, 2.45) is 0 Å². The number of aryl methyl sites for hydroxylation is 3. The van der Waals surface area contributed by atoms with Crippen LogP contribution in [0.2, 0.25) is 0 Å². The first-order chi connectivity index (χ1) is 11.5. The number of benzene rings is 1. The van der Waals surface area contributed by atoms with Crippen molar-refractivity contribution in [3.63, 3.8) is 0 Å². The summed E-state index contributed by atoms with van der Waals surface area (Å²) in [6, 6.07) is 9.69. The van der Waals surface area contributed by atoms with Crippen molar-refractivity contribution in [3.05, 3.63) is 64.3 Å². The zero-order valence-electron chi connectivity index (χ0n) is 14.2. The van der Waals surface area contributed by atoms with Gasteiger partial charge in [-0.15, -0.1) is 0 Å². The SMILES string of the molecule is Cc1noc(C)c1COC(=O)c1c(C)nn(-c2ccccc2)c1C. The van der Waals surface area contributed by atoms with Gasteiger partial charge in [-0.05, 0) is 39.8 Å². The minimum absolute atomic E-state index is 0.134. The van der Waals surface area contributed by atoms with Crippen LogP contribution in [-0.2, 0) is 11.3 Å². The van der Waals surface area contributed by atoms with Crippen molar-refractivity contribution in [2.75, 3.05) is 0 Å². The summed E-state index contributed by atoms with van der Waals surface area (Å²) < 4.78 is 12.3. The fourth-order valence-electron chi connectivity index (χ4n) is 2.68. The van der Waals surface area contributed by atoms with Crippen LogP contribution in [0.25, 0.3) is 5.69 Å². The van der Waals surface area contributed by atoms with Gasteiger partial charge in [-0.3, -0.25) is 0 Å². The quantitative estimate of drug-likeness (QED) is 0.687. The summed E-state index contributed by atoms with van der Waals surface area (Å²) in [6.45, 7) is 7.42. The van der Waals surface area contributed by atoms with Gasteiger partial charge in [0.1, 0.15) is 17.9 Å². The number of para-hydroxylation sites is 1. The lowest BCUT2D eigenvalue weighted by Gasteiger charge is -2.06. The van der Waals surface area contributed by atoms with Crippen LogP contribution >= 0.6 is 0 Å². The Hall–Kier alpha value is -2.89. The van der Waals surface area contributed by atoms with Crippen molar-refractivity contribution in [3.8, 4) is 5.69 Å². The second-order valence-electron chi connectivity index (χ2n) is 5.67. The fraction of sp³-hybridized carbons (Fsp3) is 0.278. The zero-order chi connectivity index (χ0) is 17.3. The average Bonchev–Trinajstić information content (AvgIpc) is 3.05. The average molecular weight is 325 g/mol. The molecule has 0 amide bonds. The summed E-state index contributed by atoms with van der Waals surface area (Å²) in [5.41, 5.74) is 4.32. The highest BCUT2D eigenvalue weighted by molar-refractivity contribution is 5.92. The van der Waals surface area contributed by atoms with E-state index in [4.69, 9.17) is 9.26 Å². The Bertz CT molecular complexity index is 859. The Morgan fingerprint density at radius 2 is 1.83 bits per heavy atom. The Balaban J connectivity index is 1.84. The molecule has 6 nitrogen and oxygen atoms in total. The highest BCUT2D eigenvalue weighted by atomic mass is 16.5. The predicted octanol–water partition coefficient (Wildman–Crippen LogP) is 3.45. The minimum atomic E-state index is -0.396. The van der Waals surface area contributed by atoms with E-state index in [0.29, 0.717) is 17.0 Å². The van der Waals surface area contributed by atoms with E-state index < -0.39 is 5.97 Å². The first kappa shape index (κ1) is 16.0. The lowest BCUT2D eigenvalue weighted by molar-refractivity contribution is 0.0469. The van der Waals surface area contributed by atoms with E-state index in [1.807, 2.05) is 44.2 Å². The number of rotatable bonds is 4. The van der Waals surface area contributed by atoms with Crippen molar-refractivity contribution in [1.82, 2.24) is 14.9 Å². The molecule has 0 spiro atoms. The molecule has 0 atom stereocenters. The van der Waals surface area contributed by atoms with E-state index in [2.05, 4.69) is 10.3 Å². The lowest BCUT2D eigenvalue weighted by Crippen LogP contribution is -2.09. The Morgan fingerprint density at radius 1 is 1.12 bits per heavy atom. The topological polar surface area (TPSA) is 70.2 Å². The highest BCUT2D eigenvalue weighted by Crippen LogP contribution is 2.20. The normalized spacial score (nSPS) is 10.8. The van der Waals surface area contributed by atoms with E-state index in [-0.39, 0.29) is 6.61 Å². The number of carbonyl (C=O) groups excluding carboxylic acids is 1. The first-order valence-electron chi connectivity index (χ1n) is 7.69. The minimum Gasteiger partial charge on any atom is -0.457 e. The summed E-state index contributed by atoms with van der Waals surface area (Å²) in [7, 11) is 0. The Labute approximate surface area is 140 Å². The summed E-state index contributed by atoms with van der Waals surface area (Å²) >= 11 is 0. The molecule has 24 heavy (non-hydrogen) atoms. The third kappa shape index (κ3) is 2.82. The molecule has 0 bridgehead atoms. The molecule has 1 aromatic carbocycles. The van der Waals surface area contributed by atoms with Crippen LogP contribution < -0.4 is 0 Å². The maximum Gasteiger partial charge on any atom is 0.342 e. The number of hydrogen-bond donors (Lipinski definition) is 0. The van der Waals surface area contributed by atoms with E-state index in [0.717, 1.165) is 22.6 Å². The van der Waals surface area contributed by atoms with E-state index in [1.165, 1.54) is 0 Å². The molecule has 0 radical (unpaired) electrons. The number of hydrogen-bond acceptors (Lipinski definition) is 5. The van der Waals surface area contributed by atoms with Crippen molar-refractivity contribution in [2.45, 2.75) is 34.3 Å². The van der Waals surface area contributed by atoms with E-state index in [1.54, 1.807) is 18.5 Å². The van der Waals surface area contributed by atoms with Crippen LogP contribution in [0.3, 0.4) is 0 Å². The van der Waals surface area contributed by atoms with Crippen molar-refractivity contribution in [1.29, 1.82) is 0 Å². The van der Waals surface area contributed by atoms with Crippen LogP contribution in [0.4, 0.5) is 0 Å². The molecule has 2 heterocycles. The highest BCUT2D eigenvalue weighted by Gasteiger charge is 2.21. The Kier molecular flexibility index (Phi) is 4.20. The molecule has 0 saturated heterocycles. The monoisotopic (exact) mass is 325 g/mol. The molecule has 2 aromatic heterocycles. The molecule has 124 valence electrons. The van der Waals surface area contributed by atoms with Crippen LogP contribution in [0.1, 0.15) is 38.8 Å². The summed E-state index contributed by atoms with van der Waals surface area (Å²) in [6.07, 6.45) is 0. The third-order valence-electron chi connectivity index (χ3n) is 4.03. The Morgan fingerprint density at radius 3 is 2.46 bits per heavy atom. The zero-order valence-corrected chi connectivity index (χ0v) is 14.2. The van der Waals surface area contributed by atoms with Crippen LogP contribution in [-0.4, -0.2) is 20.9 Å². The second-order valence-corrected chi connectivity index (χ2v) is 5.67. The number of ether oxygens (including phenoxy) is 1. The van der Waals surface area contributed by atoms with Gasteiger partial charge in [0.25, 0.3) is 0 Å². The van der Waals surface area contributed by atoms with Gasteiger partial charge in [0.05, 0.1) is 28.3 Å². The van der Waals surface area contributed by atoms with Gasteiger partial charge in [0.2, 0.25) is 0 Å². The lowest BCUT2D eigenvalue weighted by atomic mass is 10.2. The van der Waals surface area contributed by atoms with Gasteiger partial charge in [-0.1, -0.05) is 23.4 Å². The molecule has 0 N–H and O–H groups in total. The molecular formula is C18H19N3O3. The van der Waals surface area contributed by atoms with Gasteiger partial charge in [0.15, 0.2) is 0 Å². The van der Waals surface area contributed by atoms with Gasteiger partial charge in [-0.25, -0.2) is 9.48 Å². The fourth-order valence-corrected chi connectivity index (χ4v) is 2.68. The van der Waals surface area contributed by atoms with Crippen molar-refractivity contribution >= 4 is 5.97 Å². The molecule has 0 aliphatic rings. The molecule has 0 saturated carbocycles. The molecule has 3 rings (SSSR count). The molecule has 6 heteroatoms. The largest absolute Gasteiger partial charge is 0.457 e. The number of carbonyl (C=O) groups is 1. The van der Waals surface area contributed by atoms with E-state index in [9.17, 15) is 4.79 Å². The van der Waals surface area contributed by atoms with E-state index >= 15 is 0 Å². The smallest absolute Gasteiger partial charge is 0.342 e. The number of aromatic nitrogens is 3. The standard InChI is InChI=1S/C18H19N3O3/c1-11-16(14(4)24-20-11)10-23-18(22)17-12(2)19-21(13(17)3)15-8-6-5-7-9-15/h5-9H,10H2,1-4H3. The molecule has 0 aliphatic carbocycles.